The van der Waals surface area contributed by atoms with E-state index in [9.17, 15) is 4.79 Å². The third-order valence-corrected chi connectivity index (χ3v) is 4.50. The van der Waals surface area contributed by atoms with E-state index in [1.807, 2.05) is 35.8 Å². The van der Waals surface area contributed by atoms with Crippen LogP contribution in [0.25, 0.3) is 11.0 Å². The van der Waals surface area contributed by atoms with Crippen molar-refractivity contribution in [2.24, 2.45) is 7.05 Å². The number of nitrogens with zero attached hydrogens (tertiary/aromatic N) is 6. The van der Waals surface area contributed by atoms with Crippen LogP contribution >= 0.6 is 11.8 Å². The number of fused-ring (bicyclic) bond motifs is 1. The summed E-state index contributed by atoms with van der Waals surface area (Å²) in [6.07, 6.45) is 1.70. The van der Waals surface area contributed by atoms with Crippen molar-refractivity contribution in [3.63, 3.8) is 0 Å². The van der Waals surface area contributed by atoms with Gasteiger partial charge in [0.1, 0.15) is 6.04 Å². The SMILES string of the molecule is C[C@H](C(=O)NCCSc1nnnn1C)n1cnc2ccccc21. The Balaban J connectivity index is 1.54. The molecule has 0 spiro atoms. The first-order valence-electron chi connectivity index (χ1n) is 7.21. The fourth-order valence-electron chi connectivity index (χ4n) is 2.22. The third kappa shape index (κ3) is 3.34. The highest BCUT2D eigenvalue weighted by atomic mass is 32.2. The minimum atomic E-state index is -0.316. The molecule has 1 N–H and O–H groups in total. The first kappa shape index (κ1) is 15.5. The first-order valence-corrected chi connectivity index (χ1v) is 8.20. The number of hydrogen-bond acceptors (Lipinski definition) is 6. The Hall–Kier alpha value is -2.42. The standard InChI is InChI=1S/C14H17N7OS/c1-10(21-9-16-11-5-3-4-6-12(11)21)13(22)15-7-8-23-14-17-18-19-20(14)2/h3-6,9-10H,7-8H2,1-2H3,(H,15,22)/t10-/m1/s1. The highest BCUT2D eigenvalue weighted by Gasteiger charge is 2.16. The van der Waals surface area contributed by atoms with Crippen molar-refractivity contribution in [1.29, 1.82) is 0 Å². The van der Waals surface area contributed by atoms with Crippen LogP contribution in [0.15, 0.2) is 35.7 Å². The molecule has 3 aromatic rings. The van der Waals surface area contributed by atoms with E-state index in [1.165, 1.54) is 11.8 Å². The van der Waals surface area contributed by atoms with Crippen LogP contribution in [0, 0.1) is 0 Å². The zero-order chi connectivity index (χ0) is 16.2. The van der Waals surface area contributed by atoms with Crippen molar-refractivity contribution in [2.75, 3.05) is 12.3 Å². The Morgan fingerprint density at radius 1 is 1.39 bits per heavy atom. The molecule has 0 saturated carbocycles. The third-order valence-electron chi connectivity index (χ3n) is 3.49. The lowest BCUT2D eigenvalue weighted by Gasteiger charge is -2.14. The number of imidazole rings is 1. The van der Waals surface area contributed by atoms with Crippen LogP contribution in [0.3, 0.4) is 0 Å². The molecule has 8 nitrogen and oxygen atoms in total. The molecular weight excluding hydrogens is 314 g/mol. The van der Waals surface area contributed by atoms with E-state index in [-0.39, 0.29) is 11.9 Å². The van der Waals surface area contributed by atoms with Crippen molar-refractivity contribution in [2.45, 2.75) is 18.1 Å². The number of aryl methyl sites for hydroxylation is 1. The van der Waals surface area contributed by atoms with E-state index in [0.29, 0.717) is 12.3 Å². The average molecular weight is 331 g/mol. The second-order valence-corrected chi connectivity index (χ2v) is 6.10. The Morgan fingerprint density at radius 2 is 2.22 bits per heavy atom. The van der Waals surface area contributed by atoms with Crippen LogP contribution in [0.5, 0.6) is 0 Å². The van der Waals surface area contributed by atoms with Gasteiger partial charge in [-0.3, -0.25) is 4.79 Å². The lowest BCUT2D eigenvalue weighted by molar-refractivity contribution is -0.123. The predicted octanol–water partition coefficient (Wildman–Crippen LogP) is 1.03. The number of benzene rings is 1. The van der Waals surface area contributed by atoms with E-state index in [1.54, 1.807) is 18.1 Å². The highest BCUT2D eigenvalue weighted by molar-refractivity contribution is 7.99. The van der Waals surface area contributed by atoms with Crippen molar-refractivity contribution in [3.8, 4) is 0 Å². The number of rotatable bonds is 6. The fraction of sp³-hybridized carbons (Fsp3) is 0.357. The maximum absolute atomic E-state index is 12.3. The van der Waals surface area contributed by atoms with E-state index in [4.69, 9.17) is 0 Å². The predicted molar refractivity (Wildman–Crippen MR) is 87.0 cm³/mol. The summed E-state index contributed by atoms with van der Waals surface area (Å²) in [6, 6.07) is 7.45. The number of tetrazole rings is 1. The number of hydrogen-bond donors (Lipinski definition) is 1. The molecule has 1 atom stereocenters. The van der Waals surface area contributed by atoms with Crippen molar-refractivity contribution >= 4 is 28.7 Å². The summed E-state index contributed by atoms with van der Waals surface area (Å²) in [4.78, 5) is 16.6. The van der Waals surface area contributed by atoms with Crippen LogP contribution in [-0.4, -0.2) is 48.0 Å². The molecule has 2 aromatic heterocycles. The number of carbonyl (C=O) groups excluding carboxylic acids is 1. The minimum absolute atomic E-state index is 0.0372. The van der Waals surface area contributed by atoms with Crippen LogP contribution in [-0.2, 0) is 11.8 Å². The number of thioether (sulfide) groups is 1. The molecule has 0 radical (unpaired) electrons. The summed E-state index contributed by atoms with van der Waals surface area (Å²) in [5.74, 6) is 0.669. The number of para-hydroxylation sites is 2. The van der Waals surface area contributed by atoms with Crippen molar-refractivity contribution in [3.05, 3.63) is 30.6 Å². The molecule has 0 aliphatic heterocycles. The molecule has 1 amide bonds. The Bertz CT molecular complexity index is 812. The molecule has 0 saturated heterocycles. The van der Waals surface area contributed by atoms with Gasteiger partial charge in [0.25, 0.3) is 0 Å². The summed E-state index contributed by atoms with van der Waals surface area (Å²) >= 11 is 1.50. The maximum Gasteiger partial charge on any atom is 0.242 e. The van der Waals surface area contributed by atoms with Gasteiger partial charge in [-0.05, 0) is 29.5 Å². The Kier molecular flexibility index (Phi) is 4.56. The Labute approximate surface area is 137 Å². The lowest BCUT2D eigenvalue weighted by Crippen LogP contribution is -2.32. The van der Waals surface area contributed by atoms with Gasteiger partial charge in [0.05, 0.1) is 17.4 Å². The molecule has 3 rings (SSSR count). The topological polar surface area (TPSA) is 90.5 Å². The van der Waals surface area contributed by atoms with Gasteiger partial charge in [0.15, 0.2) is 0 Å². The van der Waals surface area contributed by atoms with Crippen LogP contribution in [0.4, 0.5) is 0 Å². The van der Waals surface area contributed by atoms with E-state index >= 15 is 0 Å². The molecule has 0 bridgehead atoms. The van der Waals surface area contributed by atoms with E-state index in [0.717, 1.165) is 16.2 Å². The van der Waals surface area contributed by atoms with Gasteiger partial charge >= 0.3 is 0 Å². The molecule has 120 valence electrons. The highest BCUT2D eigenvalue weighted by Crippen LogP contribution is 2.17. The van der Waals surface area contributed by atoms with Gasteiger partial charge in [-0.15, -0.1) is 5.10 Å². The van der Waals surface area contributed by atoms with Crippen LogP contribution < -0.4 is 5.32 Å². The number of amides is 1. The van der Waals surface area contributed by atoms with Gasteiger partial charge in [-0.25, -0.2) is 9.67 Å². The minimum Gasteiger partial charge on any atom is -0.353 e. The molecule has 1 aromatic carbocycles. The molecular formula is C14H17N7OS. The van der Waals surface area contributed by atoms with E-state index in [2.05, 4.69) is 25.8 Å². The Morgan fingerprint density at radius 3 is 3.00 bits per heavy atom. The molecule has 2 heterocycles. The zero-order valence-electron chi connectivity index (χ0n) is 12.9. The van der Waals surface area contributed by atoms with Crippen molar-refractivity contribution < 1.29 is 4.79 Å². The molecule has 0 aliphatic rings. The summed E-state index contributed by atoms with van der Waals surface area (Å²) < 4.78 is 3.48. The number of carbonyl (C=O) groups is 1. The van der Waals surface area contributed by atoms with Gasteiger partial charge in [-0.2, -0.15) is 0 Å². The lowest BCUT2D eigenvalue weighted by atomic mass is 10.2. The summed E-state index contributed by atoms with van der Waals surface area (Å²) in [6.45, 7) is 2.41. The quantitative estimate of drug-likeness (QED) is 0.536. The van der Waals surface area contributed by atoms with E-state index < -0.39 is 0 Å². The monoisotopic (exact) mass is 331 g/mol. The second-order valence-electron chi connectivity index (χ2n) is 5.04. The molecule has 0 aliphatic carbocycles. The van der Waals surface area contributed by atoms with Crippen LogP contribution in [0.2, 0.25) is 0 Å². The average Bonchev–Trinajstić information content (AvgIpc) is 3.17. The smallest absolute Gasteiger partial charge is 0.242 e. The molecule has 0 fully saturated rings. The molecule has 9 heteroatoms. The number of nitrogens with one attached hydrogen (secondary N) is 1. The first-order chi connectivity index (χ1) is 11.2. The molecule has 0 unspecified atom stereocenters. The van der Waals surface area contributed by atoms with Gasteiger partial charge in [0, 0.05) is 19.3 Å². The van der Waals surface area contributed by atoms with Crippen molar-refractivity contribution in [1.82, 2.24) is 35.1 Å². The molecule has 23 heavy (non-hydrogen) atoms. The second kappa shape index (κ2) is 6.78. The van der Waals surface area contributed by atoms with Gasteiger partial charge < -0.3 is 9.88 Å². The van der Waals surface area contributed by atoms with Crippen LogP contribution in [0.1, 0.15) is 13.0 Å². The zero-order valence-corrected chi connectivity index (χ0v) is 13.7. The van der Waals surface area contributed by atoms with Gasteiger partial charge in [-0.1, -0.05) is 23.9 Å². The number of aromatic nitrogens is 6. The normalized spacial score (nSPS) is 12.4. The fourth-order valence-corrected chi connectivity index (χ4v) is 2.93. The van der Waals surface area contributed by atoms with Gasteiger partial charge in [0.2, 0.25) is 11.1 Å². The summed E-state index contributed by atoms with van der Waals surface area (Å²) in [5, 5.41) is 14.9. The summed E-state index contributed by atoms with van der Waals surface area (Å²) in [5.41, 5.74) is 1.84. The largest absolute Gasteiger partial charge is 0.353 e. The maximum atomic E-state index is 12.3. The summed E-state index contributed by atoms with van der Waals surface area (Å²) in [7, 11) is 1.78.